The summed E-state index contributed by atoms with van der Waals surface area (Å²) in [4.78, 5) is 12.8. The lowest BCUT2D eigenvalue weighted by atomic mass is 9.97. The summed E-state index contributed by atoms with van der Waals surface area (Å²) in [5, 5.41) is 9.37. The van der Waals surface area contributed by atoms with Crippen molar-refractivity contribution in [1.82, 2.24) is 4.90 Å². The van der Waals surface area contributed by atoms with Crippen molar-refractivity contribution in [2.45, 2.75) is 12.8 Å². The van der Waals surface area contributed by atoms with Gasteiger partial charge in [-0.15, -0.1) is 0 Å². The van der Waals surface area contributed by atoms with Crippen molar-refractivity contribution in [3.05, 3.63) is 10.6 Å². The third-order valence-corrected chi connectivity index (χ3v) is 3.03. The molecule has 0 atom stereocenters. The summed E-state index contributed by atoms with van der Waals surface area (Å²) in [7, 11) is 0. The zero-order valence-corrected chi connectivity index (χ0v) is 9.26. The normalized spacial score (nSPS) is 21.1. The molecule has 0 aromatic rings. The van der Waals surface area contributed by atoms with Gasteiger partial charge >= 0.3 is 5.97 Å². The van der Waals surface area contributed by atoms with Crippen LogP contribution in [0.5, 0.6) is 0 Å². The molecule has 0 saturated carbocycles. The van der Waals surface area contributed by atoms with Crippen LogP contribution in [-0.2, 0) is 4.79 Å². The van der Waals surface area contributed by atoms with E-state index in [4.69, 9.17) is 28.3 Å². The Morgan fingerprint density at radius 3 is 2.50 bits per heavy atom. The number of likely N-dealkylation sites (tertiary alicyclic amines) is 1. The van der Waals surface area contributed by atoms with E-state index in [1.165, 1.54) is 5.54 Å². The molecular formula is C9H13Cl2NO2. The van der Waals surface area contributed by atoms with Crippen LogP contribution in [-0.4, -0.2) is 35.6 Å². The zero-order valence-electron chi connectivity index (χ0n) is 7.75. The topological polar surface area (TPSA) is 40.5 Å². The van der Waals surface area contributed by atoms with Crippen molar-refractivity contribution in [1.29, 1.82) is 0 Å². The van der Waals surface area contributed by atoms with Crippen molar-refractivity contribution in [2.24, 2.45) is 5.92 Å². The van der Waals surface area contributed by atoms with Gasteiger partial charge in [-0.2, -0.15) is 0 Å². The lowest BCUT2D eigenvalue weighted by molar-refractivity contribution is -0.143. The van der Waals surface area contributed by atoms with Crippen LogP contribution < -0.4 is 0 Å². The zero-order chi connectivity index (χ0) is 10.6. The second-order valence-corrected chi connectivity index (χ2v) is 4.15. The predicted octanol–water partition coefficient (Wildman–Crippen LogP) is 2.10. The minimum atomic E-state index is -0.691. The van der Waals surface area contributed by atoms with E-state index in [1.807, 2.05) is 0 Å². The van der Waals surface area contributed by atoms with Gasteiger partial charge in [0.25, 0.3) is 0 Å². The number of rotatable bonds is 3. The van der Waals surface area contributed by atoms with E-state index in [-0.39, 0.29) is 5.92 Å². The SMILES string of the molecule is O=C(O)C1CCN(CC(Cl)=CCl)CC1. The summed E-state index contributed by atoms with van der Waals surface area (Å²) >= 11 is 11.2. The van der Waals surface area contributed by atoms with Gasteiger partial charge < -0.3 is 5.11 Å². The Bertz CT molecular complexity index is 235. The van der Waals surface area contributed by atoms with E-state index in [9.17, 15) is 4.79 Å². The summed E-state index contributed by atoms with van der Waals surface area (Å²) in [6.45, 7) is 2.17. The fraction of sp³-hybridized carbons (Fsp3) is 0.667. The number of nitrogens with zero attached hydrogens (tertiary/aromatic N) is 1. The highest BCUT2D eigenvalue weighted by molar-refractivity contribution is 6.36. The van der Waals surface area contributed by atoms with Crippen molar-refractivity contribution >= 4 is 29.2 Å². The first-order valence-electron chi connectivity index (χ1n) is 4.53. The lowest BCUT2D eigenvalue weighted by Crippen LogP contribution is -2.36. The average molecular weight is 238 g/mol. The number of piperidine rings is 1. The highest BCUT2D eigenvalue weighted by Gasteiger charge is 2.24. The largest absolute Gasteiger partial charge is 0.481 e. The molecule has 0 aromatic carbocycles. The number of aliphatic carboxylic acids is 1. The molecule has 3 nitrogen and oxygen atoms in total. The van der Waals surface area contributed by atoms with Crippen LogP contribution in [0.4, 0.5) is 0 Å². The Hall–Kier alpha value is -0.250. The molecule has 1 aliphatic rings. The van der Waals surface area contributed by atoms with E-state index < -0.39 is 5.97 Å². The Balaban J connectivity index is 2.32. The Kier molecular flexibility index (Phi) is 4.72. The van der Waals surface area contributed by atoms with E-state index in [0.29, 0.717) is 24.4 Å². The first kappa shape index (κ1) is 11.8. The quantitative estimate of drug-likeness (QED) is 0.818. The molecule has 0 radical (unpaired) electrons. The van der Waals surface area contributed by atoms with Crippen molar-refractivity contribution < 1.29 is 9.90 Å². The standard InChI is InChI=1S/C9H13Cl2NO2/c10-5-8(11)6-12-3-1-7(2-4-12)9(13)14/h5,7H,1-4,6H2,(H,13,14). The Labute approximate surface area is 93.3 Å². The molecule has 1 N–H and O–H groups in total. The molecule has 1 fully saturated rings. The molecule has 5 heteroatoms. The first-order chi connectivity index (χ1) is 6.63. The van der Waals surface area contributed by atoms with Gasteiger partial charge in [0.1, 0.15) is 0 Å². The maximum absolute atomic E-state index is 10.7. The number of hydrogen-bond donors (Lipinski definition) is 1. The fourth-order valence-corrected chi connectivity index (χ4v) is 1.82. The van der Waals surface area contributed by atoms with E-state index in [1.54, 1.807) is 0 Å². The number of hydrogen-bond acceptors (Lipinski definition) is 2. The molecule has 0 unspecified atom stereocenters. The van der Waals surface area contributed by atoms with Crippen molar-refractivity contribution in [3.63, 3.8) is 0 Å². The molecule has 0 bridgehead atoms. The van der Waals surface area contributed by atoms with Crippen LogP contribution in [0.3, 0.4) is 0 Å². The van der Waals surface area contributed by atoms with Crippen LogP contribution in [0, 0.1) is 5.92 Å². The van der Waals surface area contributed by atoms with Gasteiger partial charge in [0, 0.05) is 17.1 Å². The summed E-state index contributed by atoms with van der Waals surface area (Å²) in [6, 6.07) is 0. The molecule has 0 amide bonds. The van der Waals surface area contributed by atoms with Crippen LogP contribution in [0.25, 0.3) is 0 Å². The molecule has 1 aliphatic heterocycles. The molecule has 1 heterocycles. The van der Waals surface area contributed by atoms with Gasteiger partial charge in [-0.1, -0.05) is 23.2 Å². The minimum Gasteiger partial charge on any atom is -0.481 e. The smallest absolute Gasteiger partial charge is 0.306 e. The summed E-state index contributed by atoms with van der Waals surface area (Å²) in [6.07, 6.45) is 1.39. The molecule has 1 rings (SSSR count). The average Bonchev–Trinajstić information content (AvgIpc) is 2.18. The molecule has 0 aliphatic carbocycles. The highest BCUT2D eigenvalue weighted by Crippen LogP contribution is 2.18. The Morgan fingerprint density at radius 2 is 2.07 bits per heavy atom. The first-order valence-corrected chi connectivity index (χ1v) is 5.35. The molecule has 80 valence electrons. The number of carboxylic acid groups (broad SMARTS) is 1. The second-order valence-electron chi connectivity index (χ2n) is 3.44. The van der Waals surface area contributed by atoms with Crippen LogP contribution in [0.15, 0.2) is 10.6 Å². The van der Waals surface area contributed by atoms with E-state index in [2.05, 4.69) is 4.90 Å². The number of carboxylic acids is 1. The monoisotopic (exact) mass is 237 g/mol. The van der Waals surface area contributed by atoms with Crippen molar-refractivity contribution in [2.75, 3.05) is 19.6 Å². The summed E-state index contributed by atoms with van der Waals surface area (Å²) < 4.78 is 0. The molecule has 14 heavy (non-hydrogen) atoms. The van der Waals surface area contributed by atoms with Crippen molar-refractivity contribution in [3.8, 4) is 0 Å². The highest BCUT2D eigenvalue weighted by atomic mass is 35.5. The van der Waals surface area contributed by atoms with Crippen LogP contribution in [0.2, 0.25) is 0 Å². The molecule has 0 aromatic heterocycles. The van der Waals surface area contributed by atoms with Gasteiger partial charge in [0.05, 0.1) is 5.92 Å². The molecule has 0 spiro atoms. The van der Waals surface area contributed by atoms with E-state index >= 15 is 0 Å². The number of halogens is 2. The molecule has 1 saturated heterocycles. The van der Waals surface area contributed by atoms with E-state index in [0.717, 1.165) is 13.1 Å². The van der Waals surface area contributed by atoms with Crippen LogP contribution in [0.1, 0.15) is 12.8 Å². The Morgan fingerprint density at radius 1 is 1.50 bits per heavy atom. The maximum atomic E-state index is 10.7. The van der Waals surface area contributed by atoms with Gasteiger partial charge in [-0.25, -0.2) is 0 Å². The summed E-state index contributed by atoms with van der Waals surface area (Å²) in [5.41, 5.74) is 1.35. The second kappa shape index (κ2) is 5.59. The fourth-order valence-electron chi connectivity index (χ4n) is 1.59. The minimum absolute atomic E-state index is 0.190. The summed E-state index contributed by atoms with van der Waals surface area (Å²) in [5.74, 6) is -0.881. The van der Waals surface area contributed by atoms with Crippen LogP contribution >= 0.6 is 23.2 Å². The maximum Gasteiger partial charge on any atom is 0.306 e. The third-order valence-electron chi connectivity index (χ3n) is 2.43. The van der Waals surface area contributed by atoms with Gasteiger partial charge in [-0.3, -0.25) is 9.69 Å². The molecular weight excluding hydrogens is 225 g/mol. The van der Waals surface area contributed by atoms with Gasteiger partial charge in [0.2, 0.25) is 0 Å². The lowest BCUT2D eigenvalue weighted by Gasteiger charge is -2.29. The number of carbonyl (C=O) groups is 1. The van der Waals surface area contributed by atoms with Gasteiger partial charge in [-0.05, 0) is 25.9 Å². The van der Waals surface area contributed by atoms with Gasteiger partial charge in [0.15, 0.2) is 0 Å². The predicted molar refractivity (Wildman–Crippen MR) is 56.6 cm³/mol. The third kappa shape index (κ3) is 3.48.